The molecular formula is C21H27N5O2S. The van der Waals surface area contributed by atoms with Gasteiger partial charge in [-0.3, -0.25) is 0 Å². The van der Waals surface area contributed by atoms with Gasteiger partial charge in [0.2, 0.25) is 0 Å². The van der Waals surface area contributed by atoms with Crippen molar-refractivity contribution in [1.82, 2.24) is 15.3 Å². The second-order valence-electron chi connectivity index (χ2n) is 7.84. The summed E-state index contributed by atoms with van der Waals surface area (Å²) in [5, 5.41) is 18.4. The molecule has 2 fully saturated rings. The molecule has 2 aliphatic rings. The van der Waals surface area contributed by atoms with Gasteiger partial charge < -0.3 is 21.1 Å². The van der Waals surface area contributed by atoms with E-state index < -0.39 is 0 Å². The van der Waals surface area contributed by atoms with E-state index in [0.29, 0.717) is 11.9 Å². The van der Waals surface area contributed by atoms with E-state index in [1.54, 1.807) is 0 Å². The lowest BCUT2D eigenvalue weighted by Crippen LogP contribution is -2.30. The fourth-order valence-electron chi connectivity index (χ4n) is 3.14. The summed E-state index contributed by atoms with van der Waals surface area (Å²) in [6, 6.07) is 9.63. The van der Waals surface area contributed by atoms with Crippen molar-refractivity contribution in [2.75, 3.05) is 23.5 Å². The molecule has 4 rings (SSSR count). The molecule has 8 heteroatoms. The normalized spacial score (nSPS) is 18.0. The predicted molar refractivity (Wildman–Crippen MR) is 117 cm³/mol. The van der Waals surface area contributed by atoms with Crippen LogP contribution in [0.4, 0.5) is 16.3 Å². The average Bonchev–Trinajstić information content (AvgIpc) is 3.64. The first kappa shape index (κ1) is 20.0. The van der Waals surface area contributed by atoms with Crippen LogP contribution in [0.15, 0.2) is 30.3 Å². The summed E-state index contributed by atoms with van der Waals surface area (Å²) in [4.78, 5) is 21.4. The summed E-state index contributed by atoms with van der Waals surface area (Å²) in [6.07, 6.45) is 6.45. The second kappa shape index (κ2) is 8.20. The maximum Gasteiger partial charge on any atom is 0.319 e. The van der Waals surface area contributed by atoms with E-state index in [1.807, 2.05) is 49.0 Å². The van der Waals surface area contributed by atoms with Crippen molar-refractivity contribution in [3.05, 3.63) is 36.0 Å². The lowest BCUT2D eigenvalue weighted by Gasteiger charge is -2.17. The molecule has 29 heavy (non-hydrogen) atoms. The van der Waals surface area contributed by atoms with Gasteiger partial charge in [0, 0.05) is 29.4 Å². The predicted octanol–water partition coefficient (Wildman–Crippen LogP) is 3.57. The highest BCUT2D eigenvalue weighted by molar-refractivity contribution is 7.99. The van der Waals surface area contributed by atoms with Crippen LogP contribution in [0.25, 0.3) is 11.4 Å². The van der Waals surface area contributed by atoms with Gasteiger partial charge >= 0.3 is 6.03 Å². The molecule has 2 amide bonds. The first-order chi connectivity index (χ1) is 14.0. The number of urea groups is 1. The summed E-state index contributed by atoms with van der Waals surface area (Å²) < 4.78 is 0.0684. The molecular weight excluding hydrogens is 386 g/mol. The third-order valence-corrected chi connectivity index (χ3v) is 6.67. The Morgan fingerprint density at radius 1 is 1.28 bits per heavy atom. The number of aromatic nitrogens is 2. The summed E-state index contributed by atoms with van der Waals surface area (Å²) in [7, 11) is 0. The van der Waals surface area contributed by atoms with Crippen LogP contribution in [0, 0.1) is 0 Å². The number of amides is 2. The summed E-state index contributed by atoms with van der Waals surface area (Å²) in [5.41, 5.74) is 2.64. The van der Waals surface area contributed by atoms with Crippen LogP contribution in [0.3, 0.4) is 0 Å². The number of carbonyl (C=O) groups excluding carboxylic acids is 1. The minimum absolute atomic E-state index is 0.0334. The van der Waals surface area contributed by atoms with E-state index in [2.05, 4.69) is 27.2 Å². The number of anilines is 2. The van der Waals surface area contributed by atoms with Crippen LogP contribution >= 0.6 is 11.8 Å². The van der Waals surface area contributed by atoms with Gasteiger partial charge in [-0.25, -0.2) is 14.8 Å². The van der Waals surface area contributed by atoms with Crippen molar-refractivity contribution in [2.45, 2.75) is 49.4 Å². The SMILES string of the molecule is CSC1(c2cc(N[C@@H](C)CO)nc(-c3ccc(NC(=O)NC4CC4)cc3)n2)CC1. The van der Waals surface area contributed by atoms with Gasteiger partial charge in [-0.1, -0.05) is 0 Å². The van der Waals surface area contributed by atoms with Gasteiger partial charge in [0.1, 0.15) is 5.82 Å². The topological polar surface area (TPSA) is 99.2 Å². The molecule has 0 spiro atoms. The molecule has 2 aliphatic carbocycles. The highest BCUT2D eigenvalue weighted by atomic mass is 32.2. The summed E-state index contributed by atoms with van der Waals surface area (Å²) in [5.74, 6) is 1.36. The number of aliphatic hydroxyl groups excluding tert-OH is 1. The molecule has 0 radical (unpaired) electrons. The Hall–Kier alpha value is -2.32. The van der Waals surface area contributed by atoms with Crippen LogP contribution in [0.2, 0.25) is 0 Å². The number of rotatable bonds is 8. The third-order valence-electron chi connectivity index (χ3n) is 5.27. The smallest absolute Gasteiger partial charge is 0.319 e. The molecule has 154 valence electrons. The number of nitrogens with one attached hydrogen (secondary N) is 3. The van der Waals surface area contributed by atoms with E-state index in [4.69, 9.17) is 4.98 Å². The Morgan fingerprint density at radius 3 is 2.59 bits per heavy atom. The zero-order valence-corrected chi connectivity index (χ0v) is 17.6. The number of aliphatic hydroxyl groups is 1. The van der Waals surface area contributed by atoms with Crippen LogP contribution < -0.4 is 16.0 Å². The molecule has 2 saturated carbocycles. The van der Waals surface area contributed by atoms with Crippen molar-refractivity contribution in [2.24, 2.45) is 0 Å². The number of hydrogen-bond donors (Lipinski definition) is 4. The Bertz CT molecular complexity index is 881. The van der Waals surface area contributed by atoms with E-state index in [0.717, 1.165) is 48.4 Å². The molecule has 2 aromatic rings. The summed E-state index contributed by atoms with van der Waals surface area (Å²) >= 11 is 1.83. The van der Waals surface area contributed by atoms with Gasteiger partial charge in [0.25, 0.3) is 0 Å². The standard InChI is InChI=1S/C21H27N5O2S/c1-13(12-27)22-18-11-17(21(29-2)9-10-21)25-19(26-18)14-3-5-15(6-4-14)23-20(28)24-16-7-8-16/h3-6,11,13,16,27H,7-10,12H2,1-2H3,(H,22,25,26)(H2,23,24,28)/t13-/m0/s1. The quantitative estimate of drug-likeness (QED) is 0.528. The maximum absolute atomic E-state index is 11.9. The lowest BCUT2D eigenvalue weighted by molar-refractivity contribution is 0.251. The van der Waals surface area contributed by atoms with Crippen molar-refractivity contribution >= 4 is 29.3 Å². The zero-order chi connectivity index (χ0) is 20.4. The highest BCUT2D eigenvalue weighted by Crippen LogP contribution is 2.55. The molecule has 0 bridgehead atoms. The third kappa shape index (κ3) is 4.82. The first-order valence-corrected chi connectivity index (χ1v) is 11.2. The average molecular weight is 414 g/mol. The fraction of sp³-hybridized carbons (Fsp3) is 0.476. The molecule has 1 aromatic carbocycles. The highest BCUT2D eigenvalue weighted by Gasteiger charge is 2.45. The second-order valence-corrected chi connectivity index (χ2v) is 9.03. The Kier molecular flexibility index (Phi) is 5.65. The van der Waals surface area contributed by atoms with Gasteiger partial charge in [0.05, 0.1) is 17.0 Å². The first-order valence-electron chi connectivity index (χ1n) is 10.0. The minimum Gasteiger partial charge on any atom is -0.394 e. The molecule has 7 nitrogen and oxygen atoms in total. The summed E-state index contributed by atoms with van der Waals surface area (Å²) in [6.45, 7) is 1.95. The van der Waals surface area contributed by atoms with Crippen molar-refractivity contribution in [3.63, 3.8) is 0 Å². The van der Waals surface area contributed by atoms with Crippen LogP contribution in [0.1, 0.15) is 38.3 Å². The molecule has 0 saturated heterocycles. The maximum atomic E-state index is 11.9. The lowest BCUT2D eigenvalue weighted by atomic mass is 10.1. The van der Waals surface area contributed by atoms with Crippen molar-refractivity contribution in [3.8, 4) is 11.4 Å². The zero-order valence-electron chi connectivity index (χ0n) is 16.7. The number of thioether (sulfide) groups is 1. The van der Waals surface area contributed by atoms with Gasteiger partial charge in [-0.2, -0.15) is 11.8 Å². The fourth-order valence-corrected chi connectivity index (χ4v) is 3.97. The molecule has 0 unspecified atom stereocenters. The minimum atomic E-state index is -0.168. The van der Waals surface area contributed by atoms with E-state index in [-0.39, 0.29) is 23.4 Å². The van der Waals surface area contributed by atoms with E-state index >= 15 is 0 Å². The molecule has 1 aromatic heterocycles. The van der Waals surface area contributed by atoms with Crippen LogP contribution in [-0.4, -0.2) is 46.1 Å². The van der Waals surface area contributed by atoms with Gasteiger partial charge in [-0.05, 0) is 63.1 Å². The Morgan fingerprint density at radius 2 is 2.00 bits per heavy atom. The number of hydrogen-bond acceptors (Lipinski definition) is 6. The van der Waals surface area contributed by atoms with E-state index in [1.165, 1.54) is 0 Å². The monoisotopic (exact) mass is 413 g/mol. The van der Waals surface area contributed by atoms with E-state index in [9.17, 15) is 9.90 Å². The Balaban J connectivity index is 1.56. The van der Waals surface area contributed by atoms with Gasteiger partial charge in [-0.15, -0.1) is 0 Å². The molecule has 0 aliphatic heterocycles. The molecule has 1 heterocycles. The Labute approximate surface area is 175 Å². The largest absolute Gasteiger partial charge is 0.394 e. The van der Waals surface area contributed by atoms with Crippen LogP contribution in [-0.2, 0) is 4.75 Å². The number of carbonyl (C=O) groups is 1. The number of benzene rings is 1. The van der Waals surface area contributed by atoms with Gasteiger partial charge in [0.15, 0.2) is 5.82 Å². The van der Waals surface area contributed by atoms with Crippen LogP contribution in [0.5, 0.6) is 0 Å². The van der Waals surface area contributed by atoms with Crippen molar-refractivity contribution in [1.29, 1.82) is 0 Å². The molecule has 4 N–H and O–H groups in total. The van der Waals surface area contributed by atoms with Crippen molar-refractivity contribution < 1.29 is 9.90 Å². The molecule has 1 atom stereocenters. The number of nitrogens with zero attached hydrogens (tertiary/aromatic N) is 2.